The van der Waals surface area contributed by atoms with Crippen molar-refractivity contribution < 1.29 is 4.74 Å². The van der Waals surface area contributed by atoms with Gasteiger partial charge in [0.2, 0.25) is 0 Å². The smallest absolute Gasteiger partial charge is 0.119 e. The van der Waals surface area contributed by atoms with Crippen LogP contribution in [0.2, 0.25) is 5.02 Å². The largest absolute Gasteiger partial charge is 0.492 e. The van der Waals surface area contributed by atoms with E-state index in [1.165, 1.54) is 0 Å². The second-order valence-electron chi connectivity index (χ2n) is 4.15. The van der Waals surface area contributed by atoms with E-state index >= 15 is 0 Å². The Morgan fingerprint density at radius 2 is 1.95 bits per heavy atom. The quantitative estimate of drug-likeness (QED) is 0.654. The van der Waals surface area contributed by atoms with Crippen molar-refractivity contribution in [3.05, 3.63) is 53.1 Å². The van der Waals surface area contributed by atoms with Crippen LogP contribution in [0.15, 0.2) is 42.5 Å². The van der Waals surface area contributed by atoms with E-state index in [9.17, 15) is 0 Å². The fourth-order valence-electron chi connectivity index (χ4n) is 1.68. The number of nitrogens with two attached hydrogens (primary N) is 1. The molecule has 0 heterocycles. The van der Waals surface area contributed by atoms with E-state index in [4.69, 9.17) is 27.3 Å². The van der Waals surface area contributed by atoms with Crippen LogP contribution in [0.25, 0.3) is 0 Å². The van der Waals surface area contributed by atoms with Gasteiger partial charge in [0.15, 0.2) is 0 Å². The second-order valence-corrected chi connectivity index (χ2v) is 4.58. The molecule has 0 saturated heterocycles. The Balaban J connectivity index is 1.84. The highest BCUT2D eigenvalue weighted by atomic mass is 35.5. The summed E-state index contributed by atoms with van der Waals surface area (Å²) in [5.41, 5.74) is 7.56. The first kappa shape index (κ1) is 14.0. The summed E-state index contributed by atoms with van der Waals surface area (Å²) in [4.78, 5) is 0. The number of hydrogen-bond acceptors (Lipinski definition) is 4. The van der Waals surface area contributed by atoms with Gasteiger partial charge in [-0.25, -0.2) is 0 Å². The van der Waals surface area contributed by atoms with Crippen LogP contribution in [0.3, 0.4) is 0 Å². The Hall–Kier alpha value is -2.38. The summed E-state index contributed by atoms with van der Waals surface area (Å²) >= 11 is 5.84. The van der Waals surface area contributed by atoms with Crippen molar-refractivity contribution >= 4 is 23.0 Å². The third-order valence-electron chi connectivity index (χ3n) is 2.67. The minimum Gasteiger partial charge on any atom is -0.492 e. The number of anilines is 2. The van der Waals surface area contributed by atoms with Gasteiger partial charge in [0.05, 0.1) is 11.3 Å². The van der Waals surface area contributed by atoms with Gasteiger partial charge in [0.25, 0.3) is 0 Å². The zero-order valence-corrected chi connectivity index (χ0v) is 11.5. The van der Waals surface area contributed by atoms with Gasteiger partial charge in [-0.1, -0.05) is 11.6 Å². The van der Waals surface area contributed by atoms with Crippen LogP contribution in [-0.2, 0) is 0 Å². The van der Waals surface area contributed by atoms with Crippen molar-refractivity contribution in [1.29, 1.82) is 5.26 Å². The molecule has 0 aliphatic carbocycles. The predicted molar refractivity (Wildman–Crippen MR) is 81.0 cm³/mol. The maximum Gasteiger partial charge on any atom is 0.119 e. The van der Waals surface area contributed by atoms with Crippen LogP contribution in [0.5, 0.6) is 5.75 Å². The molecule has 2 aromatic rings. The summed E-state index contributed by atoms with van der Waals surface area (Å²) < 4.78 is 5.55. The highest BCUT2D eigenvalue weighted by Gasteiger charge is 2.02. The molecule has 20 heavy (non-hydrogen) atoms. The molecule has 0 bridgehead atoms. The molecule has 102 valence electrons. The number of halogens is 1. The lowest BCUT2D eigenvalue weighted by molar-refractivity contribution is 0.333. The predicted octanol–water partition coefficient (Wildman–Crippen LogP) is 3.28. The lowest BCUT2D eigenvalue weighted by Crippen LogP contribution is -2.12. The summed E-state index contributed by atoms with van der Waals surface area (Å²) in [6.07, 6.45) is 0. The Morgan fingerprint density at radius 1 is 1.20 bits per heavy atom. The van der Waals surface area contributed by atoms with Gasteiger partial charge in [-0.05, 0) is 42.5 Å². The summed E-state index contributed by atoms with van der Waals surface area (Å²) in [6.45, 7) is 1.07. The third-order valence-corrected chi connectivity index (χ3v) is 2.90. The van der Waals surface area contributed by atoms with E-state index in [0.717, 1.165) is 11.4 Å². The van der Waals surface area contributed by atoms with E-state index in [1.807, 2.05) is 12.1 Å². The molecule has 0 fully saturated rings. The van der Waals surface area contributed by atoms with E-state index in [-0.39, 0.29) is 0 Å². The van der Waals surface area contributed by atoms with E-state index in [2.05, 4.69) is 11.4 Å². The minimum atomic E-state index is 0.484. The van der Waals surface area contributed by atoms with Crippen LogP contribution in [0.1, 0.15) is 5.56 Å². The lowest BCUT2D eigenvalue weighted by atomic mass is 10.2. The average Bonchev–Trinajstić information content (AvgIpc) is 2.46. The molecule has 2 rings (SSSR count). The highest BCUT2D eigenvalue weighted by molar-refractivity contribution is 6.30. The van der Waals surface area contributed by atoms with Crippen LogP contribution in [0.4, 0.5) is 11.4 Å². The number of nitrogen functional groups attached to an aromatic ring is 1. The van der Waals surface area contributed by atoms with Gasteiger partial charge in [0, 0.05) is 17.3 Å². The molecule has 0 spiro atoms. The van der Waals surface area contributed by atoms with Crippen molar-refractivity contribution in [2.24, 2.45) is 0 Å². The maximum absolute atomic E-state index is 9.01. The Bertz CT molecular complexity index is 620. The van der Waals surface area contributed by atoms with Crippen LogP contribution < -0.4 is 15.8 Å². The van der Waals surface area contributed by atoms with Gasteiger partial charge < -0.3 is 15.8 Å². The van der Waals surface area contributed by atoms with E-state index < -0.39 is 0 Å². The Labute approximate surface area is 122 Å². The first-order valence-electron chi connectivity index (χ1n) is 6.11. The molecule has 0 radical (unpaired) electrons. The summed E-state index contributed by atoms with van der Waals surface area (Å²) in [7, 11) is 0. The minimum absolute atomic E-state index is 0.484. The van der Waals surface area contributed by atoms with Crippen molar-refractivity contribution in [2.75, 3.05) is 24.2 Å². The van der Waals surface area contributed by atoms with E-state index in [0.29, 0.717) is 29.4 Å². The van der Waals surface area contributed by atoms with Crippen molar-refractivity contribution in [3.8, 4) is 11.8 Å². The monoisotopic (exact) mass is 287 g/mol. The van der Waals surface area contributed by atoms with Gasteiger partial charge in [-0.3, -0.25) is 0 Å². The molecule has 0 amide bonds. The number of nitriles is 1. The molecule has 0 atom stereocenters. The summed E-state index contributed by atoms with van der Waals surface area (Å²) in [6, 6.07) is 14.5. The van der Waals surface area contributed by atoms with Crippen molar-refractivity contribution in [1.82, 2.24) is 0 Å². The Kier molecular flexibility index (Phi) is 4.70. The molecule has 0 unspecified atom stereocenters. The fourth-order valence-corrected chi connectivity index (χ4v) is 1.85. The van der Waals surface area contributed by atoms with E-state index in [1.54, 1.807) is 30.3 Å². The first-order chi connectivity index (χ1) is 9.69. The normalized spacial score (nSPS) is 9.80. The summed E-state index contributed by atoms with van der Waals surface area (Å²) in [5, 5.41) is 12.7. The molecule has 0 aromatic heterocycles. The topological polar surface area (TPSA) is 71.1 Å². The fraction of sp³-hybridized carbons (Fsp3) is 0.133. The number of rotatable bonds is 5. The number of ether oxygens (including phenoxy) is 1. The lowest BCUT2D eigenvalue weighted by Gasteiger charge is -2.10. The molecular formula is C15H14ClN3O. The first-order valence-corrected chi connectivity index (χ1v) is 6.48. The second kappa shape index (κ2) is 6.69. The van der Waals surface area contributed by atoms with Gasteiger partial charge >= 0.3 is 0 Å². The average molecular weight is 288 g/mol. The molecule has 2 aromatic carbocycles. The zero-order chi connectivity index (χ0) is 14.4. The summed E-state index contributed by atoms with van der Waals surface area (Å²) in [5.74, 6) is 0.762. The number of hydrogen-bond donors (Lipinski definition) is 2. The van der Waals surface area contributed by atoms with Crippen molar-refractivity contribution in [3.63, 3.8) is 0 Å². The molecule has 5 heteroatoms. The SMILES string of the molecule is N#Cc1cc(Cl)ccc1NCCOc1ccc(N)cc1. The molecule has 3 N–H and O–H groups in total. The van der Waals surface area contributed by atoms with Gasteiger partial charge in [-0.15, -0.1) is 0 Å². The van der Waals surface area contributed by atoms with Crippen molar-refractivity contribution in [2.45, 2.75) is 0 Å². The number of nitrogens with one attached hydrogen (secondary N) is 1. The molecule has 4 nitrogen and oxygen atoms in total. The standard InChI is InChI=1S/C15H14ClN3O/c16-12-1-6-15(11(9-12)10-17)19-7-8-20-14-4-2-13(18)3-5-14/h1-6,9,19H,7-8,18H2. The number of nitrogens with zero attached hydrogens (tertiary/aromatic N) is 1. The maximum atomic E-state index is 9.01. The third kappa shape index (κ3) is 3.81. The van der Waals surface area contributed by atoms with Crippen LogP contribution in [-0.4, -0.2) is 13.2 Å². The molecule has 0 aliphatic heterocycles. The Morgan fingerprint density at radius 3 is 2.65 bits per heavy atom. The molecule has 0 aliphatic rings. The molecule has 0 saturated carbocycles. The van der Waals surface area contributed by atoms with Crippen LogP contribution >= 0.6 is 11.6 Å². The zero-order valence-electron chi connectivity index (χ0n) is 10.8. The molecular weight excluding hydrogens is 274 g/mol. The van der Waals surface area contributed by atoms with Crippen LogP contribution in [0, 0.1) is 11.3 Å². The number of benzene rings is 2. The van der Waals surface area contributed by atoms with Gasteiger partial charge in [0.1, 0.15) is 18.4 Å². The van der Waals surface area contributed by atoms with Gasteiger partial charge in [-0.2, -0.15) is 5.26 Å². The highest BCUT2D eigenvalue weighted by Crippen LogP contribution is 2.19.